The molecule has 0 atom stereocenters. The molecule has 2 N–H and O–H groups in total. The number of allylic oxidation sites excluding steroid dienone is 5. The first-order chi connectivity index (χ1) is 14.1. The second-order valence-corrected chi connectivity index (χ2v) is 7.59. The lowest BCUT2D eigenvalue weighted by molar-refractivity contribution is 0.766. The maximum absolute atomic E-state index is 5.60. The Bertz CT molecular complexity index is 642. The van der Waals surface area contributed by atoms with Crippen molar-refractivity contribution in [3.05, 3.63) is 78.6 Å². The van der Waals surface area contributed by atoms with E-state index in [1.807, 2.05) is 44.3 Å². The number of aryl methyl sites for hydroxylation is 1. The third kappa shape index (κ3) is 25.6. The maximum atomic E-state index is 5.60. The summed E-state index contributed by atoms with van der Waals surface area (Å²) >= 11 is 0. The van der Waals surface area contributed by atoms with Crippen molar-refractivity contribution in [3.63, 3.8) is 0 Å². The van der Waals surface area contributed by atoms with Gasteiger partial charge in [-0.2, -0.15) is 0 Å². The Labute approximate surface area is 188 Å². The number of hydrogen-bond acceptors (Lipinski definition) is 2. The minimum absolute atomic E-state index is 0.614. The molecule has 0 aliphatic carbocycles. The number of rotatable bonds is 6. The molecular weight excluding hydrogens is 364 g/mol. The predicted molar refractivity (Wildman–Crippen MR) is 142 cm³/mol. The topological polar surface area (TPSA) is 38.4 Å². The van der Waals surface area contributed by atoms with E-state index in [9.17, 15) is 0 Å². The van der Waals surface area contributed by atoms with Gasteiger partial charge in [-0.15, -0.1) is 13.2 Å². The summed E-state index contributed by atoms with van der Waals surface area (Å²) in [5.74, 6) is 0.614. The molecule has 170 valence electrons. The van der Waals surface area contributed by atoms with Gasteiger partial charge in [-0.3, -0.25) is 4.99 Å². The fourth-order valence-electron chi connectivity index (χ4n) is 1.47. The van der Waals surface area contributed by atoms with Crippen LogP contribution in [0.25, 0.3) is 0 Å². The number of nitrogens with zero attached hydrogens (tertiary/aromatic N) is 1. The highest BCUT2D eigenvalue weighted by Crippen LogP contribution is 2.08. The van der Waals surface area contributed by atoms with E-state index in [2.05, 4.69) is 78.8 Å². The third-order valence-electron chi connectivity index (χ3n) is 4.08. The molecule has 0 saturated heterocycles. The van der Waals surface area contributed by atoms with E-state index in [-0.39, 0.29) is 0 Å². The molecule has 2 heteroatoms. The van der Waals surface area contributed by atoms with Crippen LogP contribution in [0.2, 0.25) is 0 Å². The first kappa shape index (κ1) is 32.3. The van der Waals surface area contributed by atoms with Crippen LogP contribution in [0.15, 0.2) is 78.0 Å². The highest BCUT2D eigenvalue weighted by molar-refractivity contribution is 5.82. The van der Waals surface area contributed by atoms with Crippen molar-refractivity contribution < 1.29 is 0 Å². The Morgan fingerprint density at radius 2 is 1.63 bits per heavy atom. The Hall–Kier alpha value is -2.35. The van der Waals surface area contributed by atoms with Crippen LogP contribution in [0.4, 0.5) is 5.69 Å². The van der Waals surface area contributed by atoms with Crippen LogP contribution in [-0.4, -0.2) is 5.71 Å². The normalized spacial score (nSPS) is 10.3. The lowest BCUT2D eigenvalue weighted by atomic mass is 10.1. The Morgan fingerprint density at radius 1 is 1.10 bits per heavy atom. The fraction of sp³-hybridized carbons (Fsp3) is 0.464. The number of hydrogen-bond donors (Lipinski definition) is 1. The summed E-state index contributed by atoms with van der Waals surface area (Å²) in [5, 5.41) is 0. The Balaban J connectivity index is -0.000000362. The SMILES string of the molecule is C=CC.C=CCCc1cccc(N)c1.CC=C(C)C.CCC(C)=N/C=C(\C)C(C)C. The molecule has 0 heterocycles. The van der Waals surface area contributed by atoms with Gasteiger partial charge >= 0.3 is 0 Å². The van der Waals surface area contributed by atoms with Crippen LogP contribution < -0.4 is 5.73 Å². The summed E-state index contributed by atoms with van der Waals surface area (Å²) in [4.78, 5) is 4.32. The largest absolute Gasteiger partial charge is 0.399 e. The Kier molecular flexibility index (Phi) is 24.7. The van der Waals surface area contributed by atoms with Crippen LogP contribution >= 0.6 is 0 Å². The van der Waals surface area contributed by atoms with Crippen LogP contribution in [0.5, 0.6) is 0 Å². The quantitative estimate of drug-likeness (QED) is 0.282. The highest BCUT2D eigenvalue weighted by Gasteiger charge is 1.93. The van der Waals surface area contributed by atoms with E-state index in [4.69, 9.17) is 5.73 Å². The van der Waals surface area contributed by atoms with E-state index in [0.717, 1.165) is 24.9 Å². The van der Waals surface area contributed by atoms with E-state index >= 15 is 0 Å². The molecule has 0 saturated carbocycles. The highest BCUT2D eigenvalue weighted by atomic mass is 14.7. The number of nitrogen functional groups attached to an aromatic ring is 1. The average molecular weight is 413 g/mol. The zero-order valence-corrected chi connectivity index (χ0v) is 21.3. The molecule has 0 bridgehead atoms. The molecule has 0 unspecified atom stereocenters. The van der Waals surface area contributed by atoms with Gasteiger partial charge in [-0.25, -0.2) is 0 Å². The van der Waals surface area contributed by atoms with E-state index in [1.165, 1.54) is 22.4 Å². The molecule has 30 heavy (non-hydrogen) atoms. The smallest absolute Gasteiger partial charge is 0.0316 e. The van der Waals surface area contributed by atoms with Crippen molar-refractivity contribution >= 4 is 11.4 Å². The summed E-state index contributed by atoms with van der Waals surface area (Å²) in [5.41, 5.74) is 11.7. The lowest BCUT2D eigenvalue weighted by Crippen LogP contribution is -1.89. The van der Waals surface area contributed by atoms with Gasteiger partial charge in [-0.1, -0.05) is 62.3 Å². The summed E-state index contributed by atoms with van der Waals surface area (Å²) in [6.07, 6.45) is 10.8. The van der Waals surface area contributed by atoms with E-state index in [1.54, 1.807) is 6.08 Å². The molecule has 1 aromatic rings. The predicted octanol–water partition coefficient (Wildman–Crippen LogP) is 8.97. The van der Waals surface area contributed by atoms with Gasteiger partial charge in [-0.05, 0) is 84.4 Å². The number of aliphatic imine (C=N–C) groups is 1. The van der Waals surface area contributed by atoms with Gasteiger partial charge in [0.15, 0.2) is 0 Å². The maximum Gasteiger partial charge on any atom is 0.0316 e. The summed E-state index contributed by atoms with van der Waals surface area (Å²) in [6.45, 7) is 25.8. The Morgan fingerprint density at radius 3 is 2.00 bits per heavy atom. The molecule has 0 fully saturated rings. The molecule has 0 aromatic heterocycles. The van der Waals surface area contributed by atoms with Crippen molar-refractivity contribution in [2.24, 2.45) is 10.9 Å². The molecular formula is C28H48N2. The first-order valence-electron chi connectivity index (χ1n) is 10.9. The number of nitrogens with two attached hydrogens (primary N) is 1. The van der Waals surface area contributed by atoms with Crippen LogP contribution in [0.3, 0.4) is 0 Å². The van der Waals surface area contributed by atoms with Crippen molar-refractivity contribution in [2.75, 3.05) is 5.73 Å². The minimum Gasteiger partial charge on any atom is -0.399 e. The zero-order chi connectivity index (χ0) is 23.9. The average Bonchev–Trinajstić information content (AvgIpc) is 2.71. The molecule has 2 nitrogen and oxygen atoms in total. The molecule has 0 aliphatic heterocycles. The van der Waals surface area contributed by atoms with Gasteiger partial charge in [0.1, 0.15) is 0 Å². The minimum atomic E-state index is 0.614. The van der Waals surface area contributed by atoms with Gasteiger partial charge < -0.3 is 5.73 Å². The van der Waals surface area contributed by atoms with E-state index in [0.29, 0.717) is 5.92 Å². The molecule has 0 radical (unpaired) electrons. The summed E-state index contributed by atoms with van der Waals surface area (Å²) < 4.78 is 0. The lowest BCUT2D eigenvalue weighted by Gasteiger charge is -2.01. The summed E-state index contributed by atoms with van der Waals surface area (Å²) in [7, 11) is 0. The molecule has 0 spiro atoms. The zero-order valence-electron chi connectivity index (χ0n) is 21.3. The second-order valence-electron chi connectivity index (χ2n) is 7.59. The third-order valence-corrected chi connectivity index (χ3v) is 4.08. The van der Waals surface area contributed by atoms with E-state index < -0.39 is 0 Å². The fourth-order valence-corrected chi connectivity index (χ4v) is 1.47. The number of benzene rings is 1. The van der Waals surface area contributed by atoms with Crippen LogP contribution in [0.1, 0.15) is 80.7 Å². The molecule has 0 aliphatic rings. The monoisotopic (exact) mass is 412 g/mol. The van der Waals surface area contributed by atoms with Crippen molar-refractivity contribution in [1.29, 1.82) is 0 Å². The van der Waals surface area contributed by atoms with Gasteiger partial charge in [0.25, 0.3) is 0 Å². The molecule has 1 rings (SSSR count). The first-order valence-corrected chi connectivity index (χ1v) is 10.9. The molecule has 0 amide bonds. The van der Waals surface area contributed by atoms with Crippen molar-refractivity contribution in [1.82, 2.24) is 0 Å². The standard InChI is InChI=1S/C10H13N.C10H19N.C5H10.C3H6/c1-2-3-5-9-6-4-7-10(11)8-9;1-6-10(5)11-7-9(4)8(2)3;1-4-5(2)3;1-3-2/h2,4,6-8H,1,3,5,11H2;7-8H,6H2,1-5H3;4H,1-3H3;3H,1H2,2H3/b;9-7+,11-10?;;. The van der Waals surface area contributed by atoms with Crippen LogP contribution in [0, 0.1) is 5.92 Å². The number of anilines is 1. The molecule has 1 aromatic carbocycles. The second kappa shape index (κ2) is 22.9. The van der Waals surface area contributed by atoms with Gasteiger partial charge in [0.05, 0.1) is 0 Å². The van der Waals surface area contributed by atoms with Crippen LogP contribution in [-0.2, 0) is 6.42 Å². The van der Waals surface area contributed by atoms with Gasteiger partial charge in [0.2, 0.25) is 0 Å². The van der Waals surface area contributed by atoms with Gasteiger partial charge in [0, 0.05) is 17.6 Å². The summed E-state index contributed by atoms with van der Waals surface area (Å²) in [6, 6.07) is 7.97. The van der Waals surface area contributed by atoms with Crippen molar-refractivity contribution in [3.8, 4) is 0 Å². The van der Waals surface area contributed by atoms with Crippen molar-refractivity contribution in [2.45, 2.75) is 81.6 Å².